The van der Waals surface area contributed by atoms with Crippen LogP contribution in [0.4, 0.5) is 0 Å². The molecule has 27 heavy (non-hydrogen) atoms. The van der Waals surface area contributed by atoms with Crippen molar-refractivity contribution in [1.29, 1.82) is 0 Å². The van der Waals surface area contributed by atoms with Crippen LogP contribution in [0.1, 0.15) is 33.7 Å². The quantitative estimate of drug-likeness (QED) is 0.313. The van der Waals surface area contributed by atoms with Crippen molar-refractivity contribution < 1.29 is 9.53 Å². The van der Waals surface area contributed by atoms with E-state index >= 15 is 0 Å². The zero-order valence-electron chi connectivity index (χ0n) is 16.4. The minimum Gasteiger partial charge on any atom is -0.385 e. The molecular weight excluding hydrogens is 356 g/mol. The molecule has 0 aliphatic heterocycles. The largest absolute Gasteiger partial charge is 0.385 e. The molecule has 0 N–H and O–H groups in total. The van der Waals surface area contributed by atoms with Gasteiger partial charge in [0.05, 0.1) is 16.3 Å². The Labute approximate surface area is 164 Å². The van der Waals surface area contributed by atoms with Crippen molar-refractivity contribution in [2.45, 2.75) is 38.8 Å². The lowest BCUT2D eigenvalue weighted by molar-refractivity contribution is 0.102. The molecule has 3 aromatic rings. The van der Waals surface area contributed by atoms with Crippen LogP contribution in [0, 0.1) is 20.8 Å². The molecule has 2 aromatic heterocycles. The number of nitrogens with zero attached hydrogens (tertiary/aromatic N) is 2. The molecule has 0 radical (unpaired) electrons. The lowest BCUT2D eigenvalue weighted by Crippen LogP contribution is -2.08. The number of methoxy groups -OCH3 is 1. The number of pyridine rings is 1. The van der Waals surface area contributed by atoms with Crippen LogP contribution in [0.3, 0.4) is 0 Å². The summed E-state index contributed by atoms with van der Waals surface area (Å²) < 4.78 is 7.34. The van der Waals surface area contributed by atoms with Crippen LogP contribution in [-0.4, -0.2) is 34.8 Å². The van der Waals surface area contributed by atoms with Gasteiger partial charge in [0.25, 0.3) is 0 Å². The molecule has 3 rings (SSSR count). The Balaban J connectivity index is 1.72. The minimum atomic E-state index is 0.152. The third-order valence-corrected chi connectivity index (χ3v) is 5.77. The van der Waals surface area contributed by atoms with Gasteiger partial charge < -0.3 is 9.30 Å². The number of hydrogen-bond donors (Lipinski definition) is 0. The lowest BCUT2D eigenvalue weighted by Gasteiger charge is -2.09. The number of aryl methyl sites for hydroxylation is 2. The number of ether oxygens (including phenoxy) is 1. The molecule has 0 amide bonds. The first-order valence-corrected chi connectivity index (χ1v) is 10.2. The number of hydrogen-bond acceptors (Lipinski definition) is 4. The van der Waals surface area contributed by atoms with Crippen molar-refractivity contribution >= 4 is 28.4 Å². The number of rotatable bonds is 8. The highest BCUT2D eigenvalue weighted by atomic mass is 32.2. The number of ketones is 1. The van der Waals surface area contributed by atoms with E-state index < -0.39 is 0 Å². The molecule has 142 valence electrons. The van der Waals surface area contributed by atoms with Crippen LogP contribution >= 0.6 is 11.8 Å². The summed E-state index contributed by atoms with van der Waals surface area (Å²) in [6.07, 6.45) is 0.940. The van der Waals surface area contributed by atoms with Gasteiger partial charge in [0.2, 0.25) is 0 Å². The minimum absolute atomic E-state index is 0.152. The molecule has 1 aromatic carbocycles. The number of carbonyl (C=O) groups is 1. The summed E-state index contributed by atoms with van der Waals surface area (Å²) in [6, 6.07) is 12.2. The van der Waals surface area contributed by atoms with Gasteiger partial charge in [0.1, 0.15) is 0 Å². The van der Waals surface area contributed by atoms with Crippen LogP contribution in [0.2, 0.25) is 0 Å². The number of para-hydroxylation sites is 1. The van der Waals surface area contributed by atoms with Gasteiger partial charge in [-0.05, 0) is 51.0 Å². The van der Waals surface area contributed by atoms with Gasteiger partial charge in [0, 0.05) is 42.6 Å². The first-order chi connectivity index (χ1) is 13.0. The Bertz CT molecular complexity index is 962. The Morgan fingerprint density at radius 1 is 1.19 bits per heavy atom. The smallest absolute Gasteiger partial charge is 0.174 e. The molecule has 5 heteroatoms. The lowest BCUT2D eigenvalue weighted by atomic mass is 10.1. The van der Waals surface area contributed by atoms with E-state index in [0.717, 1.165) is 52.5 Å². The monoisotopic (exact) mass is 382 g/mol. The van der Waals surface area contributed by atoms with Crippen LogP contribution in [0.5, 0.6) is 0 Å². The predicted octanol–water partition coefficient (Wildman–Crippen LogP) is 4.97. The van der Waals surface area contributed by atoms with Crippen molar-refractivity contribution in [3.05, 3.63) is 58.9 Å². The molecule has 0 bridgehead atoms. The number of carbonyl (C=O) groups excluding carboxylic acids is 1. The molecule has 2 heterocycles. The third kappa shape index (κ3) is 4.42. The van der Waals surface area contributed by atoms with Crippen LogP contribution in [0.15, 0.2) is 41.4 Å². The van der Waals surface area contributed by atoms with E-state index in [1.807, 2.05) is 31.2 Å². The maximum absolute atomic E-state index is 12.8. The number of Topliss-reactive ketones (excluding diaryl/α,β-unsaturated/α-hetero) is 1. The van der Waals surface area contributed by atoms with E-state index in [9.17, 15) is 4.79 Å². The molecule has 0 aliphatic carbocycles. The molecule has 0 aliphatic rings. The van der Waals surface area contributed by atoms with Crippen molar-refractivity contribution in [2.24, 2.45) is 0 Å². The number of aromatic nitrogens is 2. The summed E-state index contributed by atoms with van der Waals surface area (Å²) in [7, 11) is 1.71. The molecule has 0 fully saturated rings. The van der Waals surface area contributed by atoms with Gasteiger partial charge in [-0.25, -0.2) is 4.98 Å². The maximum atomic E-state index is 12.8. The second-order valence-electron chi connectivity index (χ2n) is 6.79. The van der Waals surface area contributed by atoms with E-state index in [2.05, 4.69) is 35.5 Å². The standard InChI is InChI=1S/C22H26N2O2S/c1-15-12-22(23-20-9-6-5-8-18(15)20)27-14-21(25)19-13-16(2)24(17(19)3)10-7-11-26-4/h5-6,8-9,12-13H,7,10-11,14H2,1-4H3. The van der Waals surface area contributed by atoms with Crippen molar-refractivity contribution in [3.8, 4) is 0 Å². The molecule has 4 nitrogen and oxygen atoms in total. The summed E-state index contributed by atoms with van der Waals surface area (Å²) >= 11 is 1.51. The van der Waals surface area contributed by atoms with Crippen LogP contribution in [0.25, 0.3) is 10.9 Å². The fourth-order valence-electron chi connectivity index (χ4n) is 3.40. The molecule has 0 saturated carbocycles. The van der Waals surface area contributed by atoms with E-state index in [1.54, 1.807) is 7.11 Å². The normalized spacial score (nSPS) is 11.3. The second-order valence-corrected chi connectivity index (χ2v) is 7.78. The zero-order chi connectivity index (χ0) is 19.4. The molecule has 0 spiro atoms. The molecule has 0 saturated heterocycles. The van der Waals surface area contributed by atoms with E-state index in [4.69, 9.17) is 4.74 Å². The Morgan fingerprint density at radius 3 is 2.74 bits per heavy atom. The van der Waals surface area contributed by atoms with Crippen molar-refractivity contribution in [2.75, 3.05) is 19.5 Å². The first kappa shape index (κ1) is 19.6. The zero-order valence-corrected chi connectivity index (χ0v) is 17.2. The van der Waals surface area contributed by atoms with Gasteiger partial charge in [-0.3, -0.25) is 4.79 Å². The van der Waals surface area contributed by atoms with Crippen LogP contribution < -0.4 is 0 Å². The van der Waals surface area contributed by atoms with Gasteiger partial charge in [-0.2, -0.15) is 0 Å². The Kier molecular flexibility index (Phi) is 6.34. The highest BCUT2D eigenvalue weighted by Gasteiger charge is 2.16. The SMILES string of the molecule is COCCCn1c(C)cc(C(=O)CSc2cc(C)c3ccccc3n2)c1C. The average molecular weight is 383 g/mol. The fraction of sp³-hybridized carbons (Fsp3) is 0.364. The highest BCUT2D eigenvalue weighted by Crippen LogP contribution is 2.25. The van der Waals surface area contributed by atoms with Crippen molar-refractivity contribution in [1.82, 2.24) is 9.55 Å². The second kappa shape index (κ2) is 8.72. The number of thioether (sulfide) groups is 1. The summed E-state index contributed by atoms with van der Waals surface area (Å²) in [5.74, 6) is 0.548. The van der Waals surface area contributed by atoms with Gasteiger partial charge >= 0.3 is 0 Å². The van der Waals surface area contributed by atoms with E-state index in [0.29, 0.717) is 5.75 Å². The Hall–Kier alpha value is -2.11. The molecular formula is C22H26N2O2S. The summed E-state index contributed by atoms with van der Waals surface area (Å²) in [4.78, 5) is 17.5. The summed E-state index contributed by atoms with van der Waals surface area (Å²) in [6.45, 7) is 7.76. The number of benzene rings is 1. The van der Waals surface area contributed by atoms with E-state index in [1.165, 1.54) is 17.3 Å². The van der Waals surface area contributed by atoms with Crippen molar-refractivity contribution in [3.63, 3.8) is 0 Å². The highest BCUT2D eigenvalue weighted by molar-refractivity contribution is 7.99. The predicted molar refractivity (Wildman–Crippen MR) is 112 cm³/mol. The number of fused-ring (bicyclic) bond motifs is 1. The molecule has 0 unspecified atom stereocenters. The summed E-state index contributed by atoms with van der Waals surface area (Å²) in [5, 5.41) is 2.06. The fourth-order valence-corrected chi connectivity index (χ4v) is 4.26. The average Bonchev–Trinajstić information content (AvgIpc) is 2.94. The Morgan fingerprint density at radius 2 is 1.96 bits per heavy atom. The third-order valence-electron chi connectivity index (χ3n) is 4.85. The first-order valence-electron chi connectivity index (χ1n) is 9.19. The molecule has 0 atom stereocenters. The van der Waals surface area contributed by atoms with Gasteiger partial charge in [0.15, 0.2) is 5.78 Å². The van der Waals surface area contributed by atoms with Crippen LogP contribution in [-0.2, 0) is 11.3 Å². The summed E-state index contributed by atoms with van der Waals surface area (Å²) in [5.41, 5.74) is 5.14. The maximum Gasteiger partial charge on any atom is 0.174 e. The topological polar surface area (TPSA) is 44.1 Å². The van der Waals surface area contributed by atoms with E-state index in [-0.39, 0.29) is 5.78 Å². The van der Waals surface area contributed by atoms with Gasteiger partial charge in [-0.1, -0.05) is 30.0 Å². The van der Waals surface area contributed by atoms with Gasteiger partial charge in [-0.15, -0.1) is 0 Å².